The molecular formula is C39H48BN3O6. The van der Waals surface area contributed by atoms with Gasteiger partial charge in [0.05, 0.1) is 11.2 Å². The lowest BCUT2D eigenvalue weighted by molar-refractivity contribution is 0.00578. The summed E-state index contributed by atoms with van der Waals surface area (Å²) in [7, 11) is -0.639. The number of benzene rings is 3. The Balaban J connectivity index is 1.11. The van der Waals surface area contributed by atoms with Gasteiger partial charge >= 0.3 is 19.3 Å². The molecule has 0 unspecified atom stereocenters. The number of nitrogens with one attached hydrogen (secondary N) is 1. The fraction of sp³-hybridized carbons (Fsp3) is 0.436. The summed E-state index contributed by atoms with van der Waals surface area (Å²) in [6.45, 7) is 16.8. The van der Waals surface area contributed by atoms with E-state index in [1.165, 1.54) is 22.3 Å². The van der Waals surface area contributed by atoms with Gasteiger partial charge in [0.1, 0.15) is 12.2 Å². The van der Waals surface area contributed by atoms with Crippen molar-refractivity contribution >= 4 is 31.1 Å². The van der Waals surface area contributed by atoms with E-state index in [-0.39, 0.29) is 25.2 Å². The lowest BCUT2D eigenvalue weighted by Gasteiger charge is -2.36. The molecule has 9 nitrogen and oxygen atoms in total. The average Bonchev–Trinajstić information content (AvgIpc) is 3.49. The number of nitrogens with zero attached hydrogens (tertiary/aromatic N) is 2. The van der Waals surface area contributed by atoms with E-state index in [1.54, 1.807) is 4.90 Å². The summed E-state index contributed by atoms with van der Waals surface area (Å²) in [4.78, 5) is 29.7. The molecule has 1 N–H and O–H groups in total. The summed E-state index contributed by atoms with van der Waals surface area (Å²) in [5.41, 5.74) is 5.94. The minimum absolute atomic E-state index is 0.0185. The highest BCUT2D eigenvalue weighted by atomic mass is 16.7. The first-order valence-electron chi connectivity index (χ1n) is 17.2. The molecule has 3 aliphatic rings. The van der Waals surface area contributed by atoms with Crippen molar-refractivity contribution in [2.45, 2.75) is 71.2 Å². The molecule has 2 fully saturated rings. The van der Waals surface area contributed by atoms with Crippen molar-refractivity contribution in [3.05, 3.63) is 95.0 Å². The Morgan fingerprint density at radius 3 is 1.96 bits per heavy atom. The highest BCUT2D eigenvalue weighted by molar-refractivity contribution is 6.56. The van der Waals surface area contributed by atoms with Crippen LogP contribution in [0.5, 0.6) is 0 Å². The number of carbonyl (C=O) groups is 2. The number of alkyl carbamates (subject to hydrolysis) is 1. The van der Waals surface area contributed by atoms with Crippen LogP contribution >= 0.6 is 0 Å². The molecule has 0 atom stereocenters. The molecule has 0 radical (unpaired) electrons. The first kappa shape index (κ1) is 34.6. The predicted octanol–water partition coefficient (Wildman–Crippen LogP) is 7.30. The van der Waals surface area contributed by atoms with Gasteiger partial charge in [0, 0.05) is 44.3 Å². The monoisotopic (exact) mass is 665 g/mol. The van der Waals surface area contributed by atoms with Gasteiger partial charge in [-0.25, -0.2) is 9.59 Å². The molecule has 1 aliphatic carbocycles. The maximum atomic E-state index is 13.1. The van der Waals surface area contributed by atoms with E-state index in [0.29, 0.717) is 13.1 Å². The molecule has 2 heterocycles. The van der Waals surface area contributed by atoms with Gasteiger partial charge in [-0.15, -0.1) is 0 Å². The molecule has 0 spiro atoms. The fourth-order valence-corrected chi connectivity index (χ4v) is 6.49. The molecule has 10 heteroatoms. The Kier molecular flexibility index (Phi) is 9.57. The van der Waals surface area contributed by atoms with Crippen LogP contribution in [-0.4, -0.2) is 80.3 Å². The van der Waals surface area contributed by atoms with Crippen LogP contribution in [0.4, 0.5) is 15.3 Å². The van der Waals surface area contributed by atoms with E-state index in [4.69, 9.17) is 18.8 Å². The highest BCUT2D eigenvalue weighted by Crippen LogP contribution is 2.44. The Morgan fingerprint density at radius 1 is 0.857 bits per heavy atom. The summed E-state index contributed by atoms with van der Waals surface area (Å²) in [6, 6.07) is 24.8. The number of amides is 2. The first-order valence-corrected chi connectivity index (χ1v) is 17.2. The largest absolute Gasteiger partial charge is 0.492 e. The van der Waals surface area contributed by atoms with Gasteiger partial charge in [-0.3, -0.25) is 0 Å². The molecule has 258 valence electrons. The Bertz CT molecular complexity index is 1640. The highest BCUT2D eigenvalue weighted by Gasteiger charge is 2.52. The zero-order valence-electron chi connectivity index (χ0n) is 29.7. The Morgan fingerprint density at radius 2 is 1.41 bits per heavy atom. The maximum Gasteiger partial charge on any atom is 0.492 e. The minimum atomic E-state index is -0.639. The van der Waals surface area contributed by atoms with Crippen molar-refractivity contribution in [2.75, 3.05) is 44.2 Å². The van der Waals surface area contributed by atoms with Crippen LogP contribution in [0.2, 0.25) is 0 Å². The number of ether oxygens (including phenoxy) is 2. The topological polar surface area (TPSA) is 89.6 Å². The lowest BCUT2D eigenvalue weighted by atomic mass is 9.77. The minimum Gasteiger partial charge on any atom is -0.449 e. The number of hydrogen-bond donors (Lipinski definition) is 1. The Labute approximate surface area is 290 Å². The van der Waals surface area contributed by atoms with Gasteiger partial charge in [0.15, 0.2) is 0 Å². The molecule has 3 aromatic rings. The molecule has 0 aromatic heterocycles. The van der Waals surface area contributed by atoms with E-state index in [9.17, 15) is 9.59 Å². The number of piperazine rings is 1. The molecule has 2 amide bonds. The third kappa shape index (κ3) is 7.65. The quantitative estimate of drug-likeness (QED) is 0.265. The second-order valence-electron chi connectivity index (χ2n) is 15.0. The maximum absolute atomic E-state index is 13.1. The van der Waals surface area contributed by atoms with E-state index >= 15 is 0 Å². The lowest BCUT2D eigenvalue weighted by Crippen LogP contribution is -2.50. The summed E-state index contributed by atoms with van der Waals surface area (Å²) < 4.78 is 24.2. The van der Waals surface area contributed by atoms with Gasteiger partial charge in [0.2, 0.25) is 0 Å². The smallest absolute Gasteiger partial charge is 0.449 e. The summed E-state index contributed by atoms with van der Waals surface area (Å²) in [5.74, 6) is -0.0185. The van der Waals surface area contributed by atoms with Gasteiger partial charge in [0.25, 0.3) is 0 Å². The molecule has 49 heavy (non-hydrogen) atoms. The summed E-state index contributed by atoms with van der Waals surface area (Å²) in [5, 5.41) is 2.96. The van der Waals surface area contributed by atoms with Crippen LogP contribution in [0.25, 0.3) is 17.2 Å². The van der Waals surface area contributed by atoms with Crippen molar-refractivity contribution < 1.29 is 28.4 Å². The van der Waals surface area contributed by atoms with Gasteiger partial charge in [-0.05, 0) is 93.9 Å². The molecule has 2 aliphatic heterocycles. The van der Waals surface area contributed by atoms with Gasteiger partial charge < -0.3 is 33.9 Å². The van der Waals surface area contributed by atoms with Crippen LogP contribution in [0, 0.1) is 0 Å². The zero-order chi connectivity index (χ0) is 35.0. The molecule has 0 bridgehead atoms. The normalized spacial score (nSPS) is 18.6. The molecule has 0 saturated carbocycles. The number of anilines is 1. The summed E-state index contributed by atoms with van der Waals surface area (Å²) >= 11 is 0. The van der Waals surface area contributed by atoms with E-state index < -0.39 is 30.0 Å². The predicted molar refractivity (Wildman–Crippen MR) is 194 cm³/mol. The van der Waals surface area contributed by atoms with Crippen LogP contribution in [0.1, 0.15) is 71.1 Å². The van der Waals surface area contributed by atoms with Crippen molar-refractivity contribution in [3.63, 3.8) is 0 Å². The van der Waals surface area contributed by atoms with E-state index in [2.05, 4.69) is 46.6 Å². The van der Waals surface area contributed by atoms with Crippen LogP contribution < -0.4 is 10.2 Å². The number of carbonyl (C=O) groups excluding carboxylic acids is 2. The average molecular weight is 666 g/mol. The summed E-state index contributed by atoms with van der Waals surface area (Å²) in [6.07, 6.45) is 1.25. The first-order chi connectivity index (χ1) is 23.2. The third-order valence-electron chi connectivity index (χ3n) is 9.88. The van der Waals surface area contributed by atoms with Crippen molar-refractivity contribution in [1.82, 2.24) is 10.2 Å². The van der Waals surface area contributed by atoms with Crippen molar-refractivity contribution in [2.24, 2.45) is 0 Å². The Hall–Kier alpha value is -4.28. The number of hydrogen-bond acceptors (Lipinski definition) is 7. The van der Waals surface area contributed by atoms with Gasteiger partial charge in [-0.2, -0.15) is 0 Å². The van der Waals surface area contributed by atoms with Gasteiger partial charge in [-0.1, -0.05) is 66.7 Å². The van der Waals surface area contributed by atoms with Crippen LogP contribution in [0.3, 0.4) is 0 Å². The fourth-order valence-electron chi connectivity index (χ4n) is 6.49. The molecule has 3 aromatic carbocycles. The van der Waals surface area contributed by atoms with E-state index in [0.717, 1.165) is 29.8 Å². The van der Waals surface area contributed by atoms with Crippen molar-refractivity contribution in [1.29, 1.82) is 0 Å². The molecule has 2 saturated heterocycles. The van der Waals surface area contributed by atoms with E-state index in [1.807, 2.05) is 90.9 Å². The van der Waals surface area contributed by atoms with Crippen molar-refractivity contribution in [3.8, 4) is 11.1 Å². The molecular weight excluding hydrogens is 617 g/mol. The zero-order valence-corrected chi connectivity index (χ0v) is 29.7. The third-order valence-corrected chi connectivity index (χ3v) is 9.88. The second-order valence-corrected chi connectivity index (χ2v) is 15.0. The number of rotatable bonds is 7. The van der Waals surface area contributed by atoms with Crippen LogP contribution in [-0.2, 0) is 18.8 Å². The van der Waals surface area contributed by atoms with Crippen LogP contribution in [0.15, 0.2) is 78.3 Å². The second kappa shape index (κ2) is 13.6. The number of fused-ring (bicyclic) bond motifs is 3. The molecule has 6 rings (SSSR count). The SMILES string of the molecule is CC(C)(C)OC(=O)N1CCN(c2ccc(C=C(CNC(=O)OCC3c4ccccc4-c4ccccc43)B3OC(C)(C)C(C)(C)O3)cc2)CC1. The standard InChI is InChI=1S/C39H48BN3O6/c1-37(2,3)47-36(45)43-22-20-42(21-23-43)29-18-16-27(17-19-29)24-28(40-48-38(4,5)39(6,7)49-40)25-41-35(44)46-26-34-32-14-10-8-12-30(32)31-13-9-11-15-33(31)34/h8-19,24,34H,20-23,25-26H2,1-7H3,(H,41,44).